The lowest BCUT2D eigenvalue weighted by molar-refractivity contribution is 0.0897. The molecule has 0 radical (unpaired) electrons. The van der Waals surface area contributed by atoms with Gasteiger partial charge in [0.15, 0.2) is 34.2 Å². The summed E-state index contributed by atoms with van der Waals surface area (Å²) in [5.74, 6) is 0.369. The first-order valence-corrected chi connectivity index (χ1v) is 15.9. The van der Waals surface area contributed by atoms with Gasteiger partial charge >= 0.3 is 0 Å². The summed E-state index contributed by atoms with van der Waals surface area (Å²) in [6.45, 7) is 6.04. The van der Waals surface area contributed by atoms with Crippen LogP contribution in [0.15, 0.2) is 63.3 Å². The van der Waals surface area contributed by atoms with Crippen LogP contribution in [0.3, 0.4) is 0 Å². The Labute approximate surface area is 292 Å². The van der Waals surface area contributed by atoms with E-state index in [1.165, 1.54) is 6.26 Å². The van der Waals surface area contributed by atoms with Crippen molar-refractivity contribution in [2.24, 2.45) is 0 Å². The number of rotatable bonds is 3. The van der Waals surface area contributed by atoms with E-state index in [2.05, 4.69) is 40.5 Å². The van der Waals surface area contributed by atoms with E-state index in [1.54, 1.807) is 39.8 Å². The number of nitrogens with one attached hydrogen (secondary N) is 2. The molecule has 8 rings (SSSR count). The average molecular weight is 708 g/mol. The number of hydrogen-bond acceptors (Lipinski definition) is 16. The topological polar surface area (TPSA) is 261 Å². The Kier molecular flexibility index (Phi) is 7.79. The zero-order chi connectivity index (χ0) is 36.3. The van der Waals surface area contributed by atoms with Gasteiger partial charge in [-0.05, 0) is 45.4 Å². The molecule has 7 heterocycles. The molecule has 0 saturated heterocycles. The lowest BCUT2D eigenvalue weighted by atomic mass is 10.1. The lowest BCUT2D eigenvalue weighted by Crippen LogP contribution is -2.31. The third kappa shape index (κ3) is 5.79. The standard InChI is InChI=1S/C34H29N9O9/c1-13-24-32-39-22(12-48-32)28(46)37-20(10-44)30-41-26(16(4)50-30)34-43-23(14(2)52-34)31-38-21(11-47-31)27(45)36-19(9-17-5-7-18(35)8-6-17)29-40-25(15(3)49-29)33(42-24)51-13/h5-8,11-12,19-20,44H,9-10,35H2,1-4H3,(H,36,45)(H,37,46). The van der Waals surface area contributed by atoms with Crippen molar-refractivity contribution in [3.05, 3.63) is 88.6 Å². The van der Waals surface area contributed by atoms with E-state index >= 15 is 0 Å². The number of nitrogen functional groups attached to an aromatic ring is 1. The minimum Gasteiger partial charge on any atom is -0.443 e. The number of benzene rings is 1. The van der Waals surface area contributed by atoms with Crippen LogP contribution < -0.4 is 16.4 Å². The lowest BCUT2D eigenvalue weighted by Gasteiger charge is -2.15. The number of nitrogens with zero attached hydrogens (tertiary/aromatic N) is 6. The van der Waals surface area contributed by atoms with Gasteiger partial charge in [0.25, 0.3) is 11.8 Å². The fraction of sp³-hybridized carbons (Fsp3) is 0.235. The maximum atomic E-state index is 13.7. The van der Waals surface area contributed by atoms with Crippen LogP contribution >= 0.6 is 0 Å². The highest BCUT2D eigenvalue weighted by atomic mass is 16.4. The van der Waals surface area contributed by atoms with Gasteiger partial charge in [-0.2, -0.15) is 0 Å². The summed E-state index contributed by atoms with van der Waals surface area (Å²) in [5.41, 5.74) is 8.10. The van der Waals surface area contributed by atoms with Gasteiger partial charge < -0.3 is 48.0 Å². The zero-order valence-electron chi connectivity index (χ0n) is 28.0. The number of aryl methyl sites for hydroxylation is 4. The molecule has 52 heavy (non-hydrogen) atoms. The number of oxazole rings is 6. The molecular formula is C34H29N9O9. The summed E-state index contributed by atoms with van der Waals surface area (Å²) in [7, 11) is 0. The maximum absolute atomic E-state index is 13.7. The van der Waals surface area contributed by atoms with Gasteiger partial charge in [0.05, 0.1) is 6.61 Å². The number of fused-ring (bicyclic) bond motifs is 16. The molecule has 0 aliphatic carbocycles. The van der Waals surface area contributed by atoms with E-state index in [0.29, 0.717) is 28.7 Å². The van der Waals surface area contributed by atoms with Crippen LogP contribution in [0.4, 0.5) is 5.69 Å². The van der Waals surface area contributed by atoms with Crippen molar-refractivity contribution in [2.75, 3.05) is 12.3 Å². The van der Waals surface area contributed by atoms with Gasteiger partial charge in [-0.25, -0.2) is 29.9 Å². The SMILES string of the molecule is Cc1oc2nc1-c1nc(co1)C(=O)NC(Cc1ccc(N)cc1)c1nc(c(C)o1)-c1nc(c(C)o1)-c1nc(co1)C(=O)NC(CO)c1nc-2c(C)o1. The van der Waals surface area contributed by atoms with Crippen LogP contribution in [-0.4, -0.2) is 53.4 Å². The van der Waals surface area contributed by atoms with Crippen molar-refractivity contribution in [2.45, 2.75) is 46.2 Å². The summed E-state index contributed by atoms with van der Waals surface area (Å²) >= 11 is 0. The maximum Gasteiger partial charge on any atom is 0.273 e. The van der Waals surface area contributed by atoms with Gasteiger partial charge in [-0.1, -0.05) is 12.1 Å². The molecule has 12 bridgehead atoms. The van der Waals surface area contributed by atoms with E-state index in [9.17, 15) is 14.7 Å². The first-order chi connectivity index (χ1) is 25.0. The number of carbonyl (C=O) groups excluding carboxylic acids is 2. The van der Waals surface area contributed by atoms with Gasteiger partial charge in [-0.15, -0.1) is 0 Å². The Morgan fingerprint density at radius 2 is 1.06 bits per heavy atom. The predicted molar refractivity (Wildman–Crippen MR) is 176 cm³/mol. The number of hydrogen-bond donors (Lipinski definition) is 4. The van der Waals surface area contributed by atoms with E-state index in [-0.39, 0.29) is 75.9 Å². The van der Waals surface area contributed by atoms with E-state index in [1.807, 2.05) is 12.1 Å². The Morgan fingerprint density at radius 1 is 0.615 bits per heavy atom. The largest absolute Gasteiger partial charge is 0.443 e. The highest BCUT2D eigenvalue weighted by Crippen LogP contribution is 2.34. The Morgan fingerprint density at radius 3 is 1.56 bits per heavy atom. The van der Waals surface area contributed by atoms with Gasteiger partial charge in [0, 0.05) is 12.1 Å². The molecule has 264 valence electrons. The molecule has 6 aromatic heterocycles. The molecule has 1 aromatic carbocycles. The minimum absolute atomic E-state index is 0.00109. The zero-order valence-corrected chi connectivity index (χ0v) is 28.0. The molecule has 0 spiro atoms. The second-order valence-corrected chi connectivity index (χ2v) is 12.0. The molecular weight excluding hydrogens is 678 g/mol. The van der Waals surface area contributed by atoms with Crippen molar-refractivity contribution in [1.29, 1.82) is 0 Å². The predicted octanol–water partition coefficient (Wildman–Crippen LogP) is 4.59. The quantitative estimate of drug-likeness (QED) is 0.183. The fourth-order valence-corrected chi connectivity index (χ4v) is 5.63. The van der Waals surface area contributed by atoms with Crippen molar-refractivity contribution < 1.29 is 41.2 Å². The third-order valence-electron chi connectivity index (χ3n) is 8.31. The summed E-state index contributed by atoms with van der Waals surface area (Å²) in [4.78, 5) is 53.8. The molecule has 0 saturated carbocycles. The van der Waals surface area contributed by atoms with Gasteiger partial charge in [-0.3, -0.25) is 9.59 Å². The Hall–Kier alpha value is -6.82. The van der Waals surface area contributed by atoms with Crippen LogP contribution in [0, 0.1) is 27.7 Å². The van der Waals surface area contributed by atoms with Crippen LogP contribution in [0.2, 0.25) is 0 Å². The molecule has 1 aliphatic heterocycles. The highest BCUT2D eigenvalue weighted by molar-refractivity contribution is 5.93. The highest BCUT2D eigenvalue weighted by Gasteiger charge is 2.31. The fourth-order valence-electron chi connectivity index (χ4n) is 5.63. The summed E-state index contributed by atoms with van der Waals surface area (Å²) in [6.07, 6.45) is 2.62. The molecule has 7 aromatic rings. The van der Waals surface area contributed by atoms with Crippen molar-refractivity contribution in [3.8, 4) is 46.3 Å². The van der Waals surface area contributed by atoms with Crippen molar-refractivity contribution in [3.63, 3.8) is 0 Å². The number of anilines is 1. The van der Waals surface area contributed by atoms with Crippen molar-refractivity contribution in [1.82, 2.24) is 40.5 Å². The van der Waals surface area contributed by atoms with Gasteiger partial charge in [0.2, 0.25) is 35.3 Å². The minimum atomic E-state index is -1.07. The molecule has 0 fully saturated rings. The van der Waals surface area contributed by atoms with E-state index < -0.39 is 30.5 Å². The summed E-state index contributed by atoms with van der Waals surface area (Å²) in [6, 6.07) is 5.32. The molecule has 5 N–H and O–H groups in total. The van der Waals surface area contributed by atoms with Crippen LogP contribution in [-0.2, 0) is 6.42 Å². The number of nitrogens with two attached hydrogens (primary N) is 1. The molecule has 2 atom stereocenters. The van der Waals surface area contributed by atoms with Crippen LogP contribution in [0.5, 0.6) is 0 Å². The van der Waals surface area contributed by atoms with Crippen molar-refractivity contribution >= 4 is 17.5 Å². The Balaban J connectivity index is 1.23. The second-order valence-electron chi connectivity index (χ2n) is 12.0. The molecule has 2 unspecified atom stereocenters. The summed E-state index contributed by atoms with van der Waals surface area (Å²) in [5, 5.41) is 15.8. The number of carbonyl (C=O) groups is 2. The van der Waals surface area contributed by atoms with Crippen LogP contribution in [0.25, 0.3) is 46.3 Å². The molecule has 18 heteroatoms. The monoisotopic (exact) mass is 707 g/mol. The molecule has 18 nitrogen and oxygen atoms in total. The second kappa shape index (κ2) is 12.5. The average Bonchev–Trinajstić information content (AvgIpc) is 3.97. The van der Waals surface area contributed by atoms with E-state index in [4.69, 9.17) is 32.2 Å². The van der Waals surface area contributed by atoms with Gasteiger partial charge in [0.1, 0.15) is 47.7 Å². The first kappa shape index (κ1) is 32.4. The molecule has 2 amide bonds. The normalized spacial score (nSPS) is 16.0. The number of aliphatic hydroxyl groups excluding tert-OH is 1. The van der Waals surface area contributed by atoms with Crippen LogP contribution in [0.1, 0.15) is 73.4 Å². The van der Waals surface area contributed by atoms with E-state index in [0.717, 1.165) is 11.8 Å². The smallest absolute Gasteiger partial charge is 0.273 e. The number of amides is 2. The summed E-state index contributed by atoms with van der Waals surface area (Å²) < 4.78 is 35.0. The number of aromatic nitrogens is 6. The molecule has 1 aliphatic rings. The Bertz CT molecular complexity index is 2460. The first-order valence-electron chi connectivity index (χ1n) is 15.9. The third-order valence-corrected chi connectivity index (χ3v) is 8.31. The number of aliphatic hydroxyl groups is 1.